The van der Waals surface area contributed by atoms with Crippen molar-refractivity contribution >= 4 is 27.5 Å². The SMILES string of the molecule is CNCc1cc(Br)ccc1OCc1ccc(C#N)cc1Cl. The van der Waals surface area contributed by atoms with Gasteiger partial charge in [-0.2, -0.15) is 5.26 Å². The molecule has 5 heteroatoms. The molecule has 0 aliphatic rings. The normalized spacial score (nSPS) is 10.2. The number of nitrogens with zero attached hydrogens (tertiary/aromatic N) is 1. The summed E-state index contributed by atoms with van der Waals surface area (Å²) in [6.07, 6.45) is 0. The van der Waals surface area contributed by atoms with Crippen LogP contribution >= 0.6 is 27.5 Å². The van der Waals surface area contributed by atoms with E-state index in [4.69, 9.17) is 21.6 Å². The number of nitrogens with one attached hydrogen (secondary N) is 1. The van der Waals surface area contributed by atoms with Gasteiger partial charge >= 0.3 is 0 Å². The van der Waals surface area contributed by atoms with Crippen molar-refractivity contribution in [2.24, 2.45) is 0 Å². The zero-order chi connectivity index (χ0) is 15.2. The van der Waals surface area contributed by atoms with Crippen molar-refractivity contribution in [3.05, 3.63) is 62.6 Å². The van der Waals surface area contributed by atoms with Gasteiger partial charge in [-0.05, 0) is 37.4 Å². The van der Waals surface area contributed by atoms with E-state index in [1.165, 1.54) is 0 Å². The smallest absolute Gasteiger partial charge is 0.124 e. The first-order valence-corrected chi connectivity index (χ1v) is 7.55. The maximum absolute atomic E-state index is 8.83. The van der Waals surface area contributed by atoms with Gasteiger partial charge < -0.3 is 10.1 Å². The second-order valence-electron chi connectivity index (χ2n) is 4.49. The Morgan fingerprint density at radius 3 is 2.71 bits per heavy atom. The van der Waals surface area contributed by atoms with E-state index in [9.17, 15) is 0 Å². The molecule has 2 aromatic rings. The Hall–Kier alpha value is -1.54. The molecule has 0 unspecified atom stereocenters. The molecule has 0 heterocycles. The van der Waals surface area contributed by atoms with Gasteiger partial charge in [-0.25, -0.2) is 0 Å². The van der Waals surface area contributed by atoms with E-state index in [-0.39, 0.29) is 0 Å². The van der Waals surface area contributed by atoms with Crippen molar-refractivity contribution in [2.75, 3.05) is 7.05 Å². The lowest BCUT2D eigenvalue weighted by molar-refractivity contribution is 0.302. The molecule has 0 aliphatic carbocycles. The number of ether oxygens (including phenoxy) is 1. The maximum Gasteiger partial charge on any atom is 0.124 e. The van der Waals surface area contributed by atoms with Crippen LogP contribution in [0.2, 0.25) is 5.02 Å². The number of hydrogen-bond acceptors (Lipinski definition) is 3. The molecule has 21 heavy (non-hydrogen) atoms. The lowest BCUT2D eigenvalue weighted by Gasteiger charge is -2.12. The zero-order valence-corrected chi connectivity index (χ0v) is 13.8. The summed E-state index contributed by atoms with van der Waals surface area (Å²) in [6, 6.07) is 13.1. The summed E-state index contributed by atoms with van der Waals surface area (Å²) in [5, 5.41) is 12.5. The van der Waals surface area contributed by atoms with Gasteiger partial charge in [-0.1, -0.05) is 33.6 Å². The van der Waals surface area contributed by atoms with Crippen LogP contribution in [0.3, 0.4) is 0 Å². The summed E-state index contributed by atoms with van der Waals surface area (Å²) in [5.41, 5.74) is 2.47. The molecule has 0 spiro atoms. The number of halogens is 2. The van der Waals surface area contributed by atoms with E-state index >= 15 is 0 Å². The summed E-state index contributed by atoms with van der Waals surface area (Å²) in [6.45, 7) is 1.08. The minimum Gasteiger partial charge on any atom is -0.489 e. The van der Waals surface area contributed by atoms with Crippen molar-refractivity contribution in [2.45, 2.75) is 13.2 Å². The molecule has 0 fully saturated rings. The highest BCUT2D eigenvalue weighted by Gasteiger charge is 2.07. The average molecular weight is 366 g/mol. The van der Waals surface area contributed by atoms with Gasteiger partial charge in [0.05, 0.1) is 11.6 Å². The van der Waals surface area contributed by atoms with Crippen molar-refractivity contribution in [1.82, 2.24) is 5.32 Å². The van der Waals surface area contributed by atoms with Gasteiger partial charge in [0.25, 0.3) is 0 Å². The van der Waals surface area contributed by atoms with Gasteiger partial charge in [0.15, 0.2) is 0 Å². The molecule has 0 saturated carbocycles. The van der Waals surface area contributed by atoms with Crippen LogP contribution in [0.4, 0.5) is 0 Å². The van der Waals surface area contributed by atoms with Gasteiger partial charge in [-0.15, -0.1) is 0 Å². The molecule has 0 atom stereocenters. The Balaban J connectivity index is 2.15. The fraction of sp³-hybridized carbons (Fsp3) is 0.188. The maximum atomic E-state index is 8.83. The minimum absolute atomic E-state index is 0.364. The summed E-state index contributed by atoms with van der Waals surface area (Å²) in [4.78, 5) is 0. The quantitative estimate of drug-likeness (QED) is 0.860. The number of benzene rings is 2. The Kier molecular flexibility index (Phi) is 5.63. The molecule has 0 aliphatic heterocycles. The van der Waals surface area contributed by atoms with Crippen LogP contribution in [0.5, 0.6) is 5.75 Å². The fourth-order valence-corrected chi connectivity index (χ4v) is 2.55. The molecule has 0 radical (unpaired) electrons. The molecule has 2 aromatic carbocycles. The van der Waals surface area contributed by atoms with Crippen molar-refractivity contribution in [3.8, 4) is 11.8 Å². The van der Waals surface area contributed by atoms with Crippen LogP contribution in [0, 0.1) is 11.3 Å². The predicted molar refractivity (Wildman–Crippen MR) is 87.4 cm³/mol. The van der Waals surface area contributed by atoms with Crippen LogP contribution in [0.25, 0.3) is 0 Å². The third-order valence-electron chi connectivity index (χ3n) is 2.96. The Morgan fingerprint density at radius 2 is 2.05 bits per heavy atom. The van der Waals surface area contributed by atoms with E-state index in [0.717, 1.165) is 27.9 Å². The van der Waals surface area contributed by atoms with Crippen LogP contribution in [-0.2, 0) is 13.2 Å². The Morgan fingerprint density at radius 1 is 1.24 bits per heavy atom. The van der Waals surface area contributed by atoms with E-state index in [0.29, 0.717) is 17.2 Å². The predicted octanol–water partition coefficient (Wildman–Crippen LogP) is 4.27. The highest BCUT2D eigenvalue weighted by atomic mass is 79.9. The Bertz CT molecular complexity index is 682. The van der Waals surface area contributed by atoms with Gasteiger partial charge in [0, 0.05) is 27.2 Å². The molecular weight excluding hydrogens is 352 g/mol. The highest BCUT2D eigenvalue weighted by molar-refractivity contribution is 9.10. The molecule has 0 aromatic heterocycles. The monoisotopic (exact) mass is 364 g/mol. The van der Waals surface area contributed by atoms with E-state index in [2.05, 4.69) is 27.3 Å². The van der Waals surface area contributed by atoms with Crippen LogP contribution < -0.4 is 10.1 Å². The van der Waals surface area contributed by atoms with Crippen LogP contribution in [0.15, 0.2) is 40.9 Å². The molecule has 0 bridgehead atoms. The molecule has 2 rings (SSSR count). The first-order chi connectivity index (χ1) is 10.1. The van der Waals surface area contributed by atoms with E-state index < -0.39 is 0 Å². The Labute approximate surface area is 137 Å². The lowest BCUT2D eigenvalue weighted by Crippen LogP contribution is -2.07. The highest BCUT2D eigenvalue weighted by Crippen LogP contribution is 2.25. The minimum atomic E-state index is 0.364. The van der Waals surface area contributed by atoms with Crippen LogP contribution in [-0.4, -0.2) is 7.05 Å². The third kappa shape index (κ3) is 4.21. The van der Waals surface area contributed by atoms with E-state index in [1.807, 2.05) is 31.3 Å². The van der Waals surface area contributed by atoms with Gasteiger partial charge in [0.2, 0.25) is 0 Å². The summed E-state index contributed by atoms with van der Waals surface area (Å²) in [5.74, 6) is 0.813. The van der Waals surface area contributed by atoms with Gasteiger partial charge in [-0.3, -0.25) is 0 Å². The summed E-state index contributed by atoms with van der Waals surface area (Å²) >= 11 is 9.60. The van der Waals surface area contributed by atoms with Gasteiger partial charge in [0.1, 0.15) is 12.4 Å². The van der Waals surface area contributed by atoms with E-state index in [1.54, 1.807) is 12.1 Å². The molecule has 0 saturated heterocycles. The third-order valence-corrected chi connectivity index (χ3v) is 3.80. The fourth-order valence-electron chi connectivity index (χ4n) is 1.91. The molecule has 3 nitrogen and oxygen atoms in total. The van der Waals surface area contributed by atoms with Crippen molar-refractivity contribution in [3.63, 3.8) is 0 Å². The standard InChI is InChI=1S/C16H14BrClN2O/c1-20-9-13-7-14(17)4-5-16(13)21-10-12-3-2-11(8-19)6-15(12)18/h2-7,20H,9-10H2,1H3. The first kappa shape index (κ1) is 15.8. The molecule has 1 N–H and O–H groups in total. The zero-order valence-electron chi connectivity index (χ0n) is 11.5. The molecule has 108 valence electrons. The lowest BCUT2D eigenvalue weighted by atomic mass is 10.1. The first-order valence-electron chi connectivity index (χ1n) is 6.38. The molecule has 0 amide bonds. The number of rotatable bonds is 5. The van der Waals surface area contributed by atoms with Crippen LogP contribution in [0.1, 0.15) is 16.7 Å². The van der Waals surface area contributed by atoms with Crippen molar-refractivity contribution < 1.29 is 4.74 Å². The molecular formula is C16H14BrClN2O. The van der Waals surface area contributed by atoms with Crippen molar-refractivity contribution in [1.29, 1.82) is 5.26 Å². The second kappa shape index (κ2) is 7.46. The summed E-state index contributed by atoms with van der Waals surface area (Å²) in [7, 11) is 1.89. The number of nitriles is 1. The second-order valence-corrected chi connectivity index (χ2v) is 5.81. The largest absolute Gasteiger partial charge is 0.489 e. The topological polar surface area (TPSA) is 45.0 Å². The number of hydrogen-bond donors (Lipinski definition) is 1. The summed E-state index contributed by atoms with van der Waals surface area (Å²) < 4.78 is 6.87. The average Bonchev–Trinajstić information content (AvgIpc) is 2.48.